The largest absolute Gasteiger partial charge is 0.422 e. The molecule has 2 N–H and O–H groups in total. The molecule has 1 aromatic heterocycles. The molecule has 0 unspecified atom stereocenters. The van der Waals surface area contributed by atoms with Crippen molar-refractivity contribution in [1.29, 1.82) is 0 Å². The number of carbonyl (C=O) groups is 1. The first kappa shape index (κ1) is 17.9. The standard InChI is InChI=1S/C16H19N3O4S/c1-19(16(24)17-8-5-9-22-2)18-14(20)12-10-11-6-3-4-7-13(11)23-15(12)21/h3-4,6-7,10H,5,8-9H2,1-2H3,(H,17,24)(H,18,20). The third kappa shape index (κ3) is 4.53. The lowest BCUT2D eigenvalue weighted by molar-refractivity contribution is 0.0882. The lowest BCUT2D eigenvalue weighted by Gasteiger charge is -2.21. The van der Waals surface area contributed by atoms with Gasteiger partial charge in [-0.3, -0.25) is 15.2 Å². The Kier molecular flexibility index (Phi) is 6.28. The van der Waals surface area contributed by atoms with Gasteiger partial charge in [0.15, 0.2) is 5.11 Å². The Labute approximate surface area is 144 Å². The van der Waals surface area contributed by atoms with Gasteiger partial charge in [-0.25, -0.2) is 4.79 Å². The van der Waals surface area contributed by atoms with Crippen LogP contribution in [0.15, 0.2) is 39.5 Å². The molecule has 2 aromatic rings. The van der Waals surface area contributed by atoms with Crippen LogP contribution in [0, 0.1) is 0 Å². The number of nitrogens with one attached hydrogen (secondary N) is 2. The lowest BCUT2D eigenvalue weighted by atomic mass is 10.2. The van der Waals surface area contributed by atoms with Crippen LogP contribution in [0.5, 0.6) is 0 Å². The molecule has 128 valence electrons. The molecule has 0 atom stereocenters. The Hall–Kier alpha value is -2.45. The molecule has 0 aliphatic carbocycles. The van der Waals surface area contributed by atoms with Crippen LogP contribution in [-0.2, 0) is 4.74 Å². The van der Waals surface area contributed by atoms with Gasteiger partial charge in [-0.15, -0.1) is 0 Å². The van der Waals surface area contributed by atoms with Gasteiger partial charge >= 0.3 is 5.63 Å². The van der Waals surface area contributed by atoms with E-state index in [1.165, 1.54) is 11.1 Å². The van der Waals surface area contributed by atoms with Crippen molar-refractivity contribution < 1.29 is 13.9 Å². The number of rotatable bonds is 5. The average Bonchev–Trinajstić information content (AvgIpc) is 2.57. The van der Waals surface area contributed by atoms with E-state index in [1.54, 1.807) is 38.4 Å². The summed E-state index contributed by atoms with van der Waals surface area (Å²) in [6, 6.07) is 8.49. The lowest BCUT2D eigenvalue weighted by Crippen LogP contribution is -2.49. The molecule has 1 amide bonds. The SMILES string of the molecule is COCCCNC(=S)N(C)NC(=O)c1cc2ccccc2oc1=O. The Morgan fingerprint density at radius 2 is 2.12 bits per heavy atom. The fourth-order valence-electron chi connectivity index (χ4n) is 2.01. The van der Waals surface area contributed by atoms with Gasteiger partial charge < -0.3 is 14.5 Å². The van der Waals surface area contributed by atoms with Gasteiger partial charge in [0, 0.05) is 32.7 Å². The van der Waals surface area contributed by atoms with Crippen LogP contribution in [0.2, 0.25) is 0 Å². The van der Waals surface area contributed by atoms with E-state index in [4.69, 9.17) is 21.4 Å². The zero-order valence-electron chi connectivity index (χ0n) is 13.5. The molecule has 7 nitrogen and oxygen atoms in total. The van der Waals surface area contributed by atoms with E-state index >= 15 is 0 Å². The van der Waals surface area contributed by atoms with Crippen molar-refractivity contribution in [3.63, 3.8) is 0 Å². The van der Waals surface area contributed by atoms with E-state index < -0.39 is 11.5 Å². The molecule has 0 saturated carbocycles. The fourth-order valence-corrected chi connectivity index (χ4v) is 2.16. The number of hydrogen-bond acceptors (Lipinski definition) is 5. The fraction of sp³-hybridized carbons (Fsp3) is 0.312. The van der Waals surface area contributed by atoms with Gasteiger partial charge in [0.2, 0.25) is 0 Å². The van der Waals surface area contributed by atoms with E-state index in [0.29, 0.717) is 29.2 Å². The maximum absolute atomic E-state index is 12.3. The van der Waals surface area contributed by atoms with Crippen molar-refractivity contribution in [2.24, 2.45) is 0 Å². The number of hydrazine groups is 1. The van der Waals surface area contributed by atoms with Crippen LogP contribution in [0.25, 0.3) is 11.0 Å². The van der Waals surface area contributed by atoms with Gasteiger partial charge in [0.05, 0.1) is 0 Å². The minimum Gasteiger partial charge on any atom is -0.422 e. The summed E-state index contributed by atoms with van der Waals surface area (Å²) in [5.74, 6) is -0.585. The Bertz CT molecular complexity index is 790. The van der Waals surface area contributed by atoms with Gasteiger partial charge in [-0.1, -0.05) is 18.2 Å². The number of hydrogen-bond donors (Lipinski definition) is 2. The third-order valence-corrected chi connectivity index (χ3v) is 3.68. The van der Waals surface area contributed by atoms with Crippen LogP contribution in [0.3, 0.4) is 0 Å². The topological polar surface area (TPSA) is 83.8 Å². The second-order valence-corrected chi connectivity index (χ2v) is 5.45. The monoisotopic (exact) mass is 349 g/mol. The summed E-state index contributed by atoms with van der Waals surface area (Å²) < 4.78 is 10.1. The number of nitrogens with zero attached hydrogens (tertiary/aromatic N) is 1. The maximum Gasteiger partial charge on any atom is 0.349 e. The first-order chi connectivity index (χ1) is 11.5. The average molecular weight is 349 g/mol. The number of carbonyl (C=O) groups excluding carboxylic acids is 1. The second kappa shape index (κ2) is 8.42. The van der Waals surface area contributed by atoms with Crippen molar-refractivity contribution in [3.8, 4) is 0 Å². The quantitative estimate of drug-likeness (QED) is 0.364. The second-order valence-electron chi connectivity index (χ2n) is 5.06. The molecular weight excluding hydrogens is 330 g/mol. The van der Waals surface area contributed by atoms with E-state index in [-0.39, 0.29) is 5.56 Å². The van der Waals surface area contributed by atoms with Gasteiger partial charge in [0.25, 0.3) is 5.91 Å². The van der Waals surface area contributed by atoms with E-state index in [1.807, 2.05) is 0 Å². The molecule has 0 saturated heterocycles. The number of amides is 1. The summed E-state index contributed by atoms with van der Waals surface area (Å²) in [6.45, 7) is 1.23. The highest BCUT2D eigenvalue weighted by Crippen LogP contribution is 2.12. The molecule has 0 aliphatic heterocycles. The normalized spacial score (nSPS) is 10.4. The highest BCUT2D eigenvalue weighted by molar-refractivity contribution is 7.80. The molecule has 2 rings (SSSR count). The number of benzene rings is 1. The molecule has 0 fully saturated rings. The van der Waals surface area contributed by atoms with Crippen LogP contribution < -0.4 is 16.4 Å². The zero-order chi connectivity index (χ0) is 17.5. The van der Waals surface area contributed by atoms with E-state index in [0.717, 1.165) is 6.42 Å². The number of thiocarbonyl (C=S) groups is 1. The summed E-state index contributed by atoms with van der Waals surface area (Å²) in [7, 11) is 3.21. The smallest absolute Gasteiger partial charge is 0.349 e. The van der Waals surface area contributed by atoms with E-state index in [9.17, 15) is 9.59 Å². The predicted octanol–water partition coefficient (Wildman–Crippen LogP) is 1.28. The molecule has 1 heterocycles. The van der Waals surface area contributed by atoms with Gasteiger partial charge in [-0.2, -0.15) is 0 Å². The number of para-hydroxylation sites is 1. The molecule has 8 heteroatoms. The summed E-state index contributed by atoms with van der Waals surface area (Å²) >= 11 is 5.16. The Morgan fingerprint density at radius 3 is 2.88 bits per heavy atom. The highest BCUT2D eigenvalue weighted by atomic mass is 32.1. The molecule has 0 aliphatic rings. The van der Waals surface area contributed by atoms with Gasteiger partial charge in [-0.05, 0) is 30.8 Å². The summed E-state index contributed by atoms with van der Waals surface area (Å²) in [4.78, 5) is 24.2. The summed E-state index contributed by atoms with van der Waals surface area (Å²) in [5, 5.41) is 5.33. The summed E-state index contributed by atoms with van der Waals surface area (Å²) in [5.41, 5.74) is 2.20. The van der Waals surface area contributed by atoms with Crippen molar-refractivity contribution in [2.45, 2.75) is 6.42 Å². The van der Waals surface area contributed by atoms with Crippen LogP contribution in [0.1, 0.15) is 16.8 Å². The maximum atomic E-state index is 12.3. The van der Waals surface area contributed by atoms with Crippen LogP contribution >= 0.6 is 12.2 Å². The van der Waals surface area contributed by atoms with Crippen molar-refractivity contribution in [2.75, 3.05) is 27.3 Å². The summed E-state index contributed by atoms with van der Waals surface area (Å²) in [6.07, 6.45) is 0.784. The Balaban J connectivity index is 2.02. The molecule has 1 aromatic carbocycles. The van der Waals surface area contributed by atoms with Crippen LogP contribution in [-0.4, -0.2) is 43.3 Å². The van der Waals surface area contributed by atoms with Crippen molar-refractivity contribution >= 4 is 34.2 Å². The first-order valence-electron chi connectivity index (χ1n) is 7.37. The number of methoxy groups -OCH3 is 1. The van der Waals surface area contributed by atoms with Crippen LogP contribution in [0.4, 0.5) is 0 Å². The van der Waals surface area contributed by atoms with E-state index in [2.05, 4.69) is 10.7 Å². The number of fused-ring (bicyclic) bond motifs is 1. The van der Waals surface area contributed by atoms with Crippen molar-refractivity contribution in [3.05, 3.63) is 46.3 Å². The third-order valence-electron chi connectivity index (χ3n) is 3.26. The Morgan fingerprint density at radius 1 is 1.38 bits per heavy atom. The number of ether oxygens (including phenoxy) is 1. The molecule has 0 radical (unpaired) electrons. The minimum atomic E-state index is -0.696. The zero-order valence-corrected chi connectivity index (χ0v) is 14.3. The molecule has 24 heavy (non-hydrogen) atoms. The first-order valence-corrected chi connectivity index (χ1v) is 7.78. The van der Waals surface area contributed by atoms with Gasteiger partial charge in [0.1, 0.15) is 11.1 Å². The minimum absolute atomic E-state index is 0.0808. The molecular formula is C16H19N3O4S. The molecule has 0 bridgehead atoms. The van der Waals surface area contributed by atoms with Crippen molar-refractivity contribution in [1.82, 2.24) is 15.8 Å². The predicted molar refractivity (Wildman–Crippen MR) is 94.8 cm³/mol. The molecule has 0 spiro atoms. The highest BCUT2D eigenvalue weighted by Gasteiger charge is 2.16.